The lowest BCUT2D eigenvalue weighted by atomic mass is 9.85. The van der Waals surface area contributed by atoms with E-state index in [0.29, 0.717) is 24.0 Å². The number of hydrogen-bond donors (Lipinski definition) is 1. The molecule has 1 saturated heterocycles. The van der Waals surface area contributed by atoms with Gasteiger partial charge in [-0.15, -0.1) is 0 Å². The molecule has 2 atom stereocenters. The molecule has 2 fully saturated rings. The van der Waals surface area contributed by atoms with E-state index in [4.69, 9.17) is 0 Å². The Bertz CT molecular complexity index is 1210. The van der Waals surface area contributed by atoms with E-state index in [-0.39, 0.29) is 42.3 Å². The van der Waals surface area contributed by atoms with E-state index in [1.807, 2.05) is 6.07 Å². The van der Waals surface area contributed by atoms with Gasteiger partial charge in [-0.25, -0.2) is 17.5 Å². The molecule has 9 heteroatoms. The largest absolute Gasteiger partial charge is 0.416 e. The van der Waals surface area contributed by atoms with Crippen LogP contribution in [0.15, 0.2) is 36.4 Å². The average molecular weight is 525 g/mol. The minimum absolute atomic E-state index is 0.0185. The molecule has 1 heterocycles. The summed E-state index contributed by atoms with van der Waals surface area (Å²) in [7, 11) is -3.37. The van der Waals surface area contributed by atoms with Crippen molar-refractivity contribution in [2.75, 3.05) is 31.9 Å². The van der Waals surface area contributed by atoms with E-state index >= 15 is 0 Å². The molecule has 0 bridgehead atoms. The number of nitrogens with one attached hydrogen (secondary N) is 1. The number of halogens is 4. The second-order valence-corrected chi connectivity index (χ2v) is 12.5. The van der Waals surface area contributed by atoms with Crippen LogP contribution in [0, 0.1) is 17.7 Å². The first-order chi connectivity index (χ1) is 17.1. The highest BCUT2D eigenvalue weighted by molar-refractivity contribution is 7.89. The molecule has 196 valence electrons. The van der Waals surface area contributed by atoms with Crippen molar-refractivity contribution in [3.05, 3.63) is 70.0 Å². The Hall–Kier alpha value is -1.97. The third-order valence-corrected chi connectivity index (χ3v) is 9.33. The quantitative estimate of drug-likeness (QED) is 0.449. The fourth-order valence-corrected chi connectivity index (χ4v) is 7.04. The fourth-order valence-electron chi connectivity index (χ4n) is 5.56. The van der Waals surface area contributed by atoms with E-state index < -0.39 is 21.8 Å². The lowest BCUT2D eigenvalue weighted by Crippen LogP contribution is -2.41. The van der Waals surface area contributed by atoms with Crippen molar-refractivity contribution in [3.8, 4) is 0 Å². The van der Waals surface area contributed by atoms with Crippen LogP contribution >= 0.6 is 0 Å². The molecule has 2 unspecified atom stereocenters. The Balaban J connectivity index is 1.35. The molecular formula is C27H32F4N2O2S. The standard InChI is InChI=1S/C27H32F4N2O2S/c28-26-15-21-13-22(16-33-9-2-10-33)24(12-19-3-1-4-23(11-19)27(29,30)31)25(21)14-20(26)7-8-32-36(34,35)17-18-5-6-18/h1,3-4,11,14-15,18,22,24,32H,2,5-10,12-13,16-17H2. The Morgan fingerprint density at radius 2 is 1.86 bits per heavy atom. The van der Waals surface area contributed by atoms with Gasteiger partial charge < -0.3 is 4.90 Å². The zero-order chi connectivity index (χ0) is 25.5. The van der Waals surface area contributed by atoms with Crippen molar-refractivity contribution < 1.29 is 26.0 Å². The Kier molecular flexibility index (Phi) is 7.18. The summed E-state index contributed by atoms with van der Waals surface area (Å²) >= 11 is 0. The van der Waals surface area contributed by atoms with Gasteiger partial charge in [0.15, 0.2) is 0 Å². The van der Waals surface area contributed by atoms with Crippen LogP contribution in [0.25, 0.3) is 0 Å². The highest BCUT2D eigenvalue weighted by atomic mass is 32.2. The number of benzene rings is 2. The third-order valence-electron chi connectivity index (χ3n) is 7.78. The van der Waals surface area contributed by atoms with Crippen molar-refractivity contribution in [2.45, 2.75) is 50.6 Å². The van der Waals surface area contributed by atoms with Gasteiger partial charge in [-0.05, 0) is 104 Å². The fraction of sp³-hybridized carbons (Fsp3) is 0.556. The SMILES string of the molecule is O=S(=O)(CC1CC1)NCCc1cc2c(cc1F)CC(CN1CCC1)C2Cc1cccc(C(F)(F)F)c1. The first-order valence-electron chi connectivity index (χ1n) is 12.7. The summed E-state index contributed by atoms with van der Waals surface area (Å²) in [5, 5.41) is 0. The molecular weight excluding hydrogens is 492 g/mol. The molecule has 0 radical (unpaired) electrons. The van der Waals surface area contributed by atoms with E-state index in [2.05, 4.69) is 9.62 Å². The van der Waals surface area contributed by atoms with Gasteiger partial charge in [0, 0.05) is 13.1 Å². The number of sulfonamides is 1. The van der Waals surface area contributed by atoms with Crippen molar-refractivity contribution in [2.24, 2.45) is 11.8 Å². The van der Waals surface area contributed by atoms with Crippen LogP contribution in [0.1, 0.15) is 53.0 Å². The average Bonchev–Trinajstić information content (AvgIpc) is 3.52. The number of fused-ring (bicyclic) bond motifs is 1. The molecule has 1 aliphatic heterocycles. The van der Waals surface area contributed by atoms with Crippen LogP contribution in [0.4, 0.5) is 17.6 Å². The number of alkyl halides is 3. The Labute approximate surface area is 210 Å². The smallest absolute Gasteiger partial charge is 0.303 e. The minimum atomic E-state index is -4.40. The lowest BCUT2D eigenvalue weighted by Gasteiger charge is -2.35. The van der Waals surface area contributed by atoms with E-state index in [1.165, 1.54) is 12.1 Å². The zero-order valence-corrected chi connectivity index (χ0v) is 21.0. The molecule has 3 aliphatic rings. The zero-order valence-electron chi connectivity index (χ0n) is 20.2. The van der Waals surface area contributed by atoms with E-state index in [1.54, 1.807) is 12.1 Å². The summed E-state index contributed by atoms with van der Waals surface area (Å²) < 4.78 is 81.8. The minimum Gasteiger partial charge on any atom is -0.303 e. The van der Waals surface area contributed by atoms with Crippen LogP contribution < -0.4 is 4.72 Å². The van der Waals surface area contributed by atoms with Gasteiger partial charge in [-0.1, -0.05) is 24.3 Å². The predicted molar refractivity (Wildman–Crippen MR) is 131 cm³/mol. The first kappa shape index (κ1) is 25.7. The lowest BCUT2D eigenvalue weighted by molar-refractivity contribution is -0.137. The second kappa shape index (κ2) is 10.1. The van der Waals surface area contributed by atoms with Crippen molar-refractivity contribution >= 4 is 10.0 Å². The molecule has 1 N–H and O–H groups in total. The van der Waals surface area contributed by atoms with Crippen molar-refractivity contribution in [1.29, 1.82) is 0 Å². The molecule has 5 rings (SSSR count). The summed E-state index contributed by atoms with van der Waals surface area (Å²) in [6, 6.07) is 8.86. The number of likely N-dealkylation sites (tertiary alicyclic amines) is 1. The summed E-state index contributed by atoms with van der Waals surface area (Å²) in [5.41, 5.74) is 2.30. The maximum Gasteiger partial charge on any atom is 0.416 e. The Morgan fingerprint density at radius 1 is 1.08 bits per heavy atom. The number of hydrogen-bond acceptors (Lipinski definition) is 3. The number of nitrogens with zero attached hydrogens (tertiary/aromatic N) is 1. The third kappa shape index (κ3) is 6.11. The predicted octanol–water partition coefficient (Wildman–Crippen LogP) is 4.92. The van der Waals surface area contributed by atoms with Crippen LogP contribution in [-0.4, -0.2) is 45.2 Å². The summed E-state index contributed by atoms with van der Waals surface area (Å²) in [6.45, 7) is 3.00. The van der Waals surface area contributed by atoms with Gasteiger partial charge in [-0.2, -0.15) is 13.2 Å². The summed E-state index contributed by atoms with van der Waals surface area (Å²) in [5.74, 6) is 0.185. The molecule has 2 aromatic rings. The summed E-state index contributed by atoms with van der Waals surface area (Å²) in [6.07, 6.45) is 0.000877. The van der Waals surface area contributed by atoms with E-state index in [9.17, 15) is 26.0 Å². The highest BCUT2D eigenvalue weighted by Crippen LogP contribution is 2.43. The van der Waals surface area contributed by atoms with Crippen LogP contribution in [-0.2, 0) is 35.5 Å². The molecule has 2 aliphatic carbocycles. The Morgan fingerprint density at radius 3 is 2.53 bits per heavy atom. The van der Waals surface area contributed by atoms with Crippen LogP contribution in [0.5, 0.6) is 0 Å². The highest BCUT2D eigenvalue weighted by Gasteiger charge is 2.36. The monoisotopic (exact) mass is 524 g/mol. The molecule has 0 amide bonds. The summed E-state index contributed by atoms with van der Waals surface area (Å²) in [4.78, 5) is 2.35. The van der Waals surface area contributed by atoms with Gasteiger partial charge in [0.05, 0.1) is 11.3 Å². The molecule has 0 spiro atoms. The van der Waals surface area contributed by atoms with E-state index in [0.717, 1.165) is 56.1 Å². The van der Waals surface area contributed by atoms with Crippen molar-refractivity contribution in [1.82, 2.24) is 9.62 Å². The van der Waals surface area contributed by atoms with Gasteiger partial charge in [0.1, 0.15) is 5.82 Å². The molecule has 4 nitrogen and oxygen atoms in total. The molecule has 2 aromatic carbocycles. The normalized spacial score (nSPS) is 22.4. The van der Waals surface area contributed by atoms with Crippen LogP contribution in [0.3, 0.4) is 0 Å². The topological polar surface area (TPSA) is 49.4 Å². The van der Waals surface area contributed by atoms with Gasteiger partial charge >= 0.3 is 6.18 Å². The first-order valence-corrected chi connectivity index (χ1v) is 14.4. The second-order valence-electron chi connectivity index (χ2n) is 10.6. The number of rotatable bonds is 10. The van der Waals surface area contributed by atoms with Gasteiger partial charge in [-0.3, -0.25) is 0 Å². The molecule has 36 heavy (non-hydrogen) atoms. The maximum atomic E-state index is 15.0. The molecule has 0 aromatic heterocycles. The van der Waals surface area contributed by atoms with Crippen molar-refractivity contribution in [3.63, 3.8) is 0 Å². The maximum absolute atomic E-state index is 15.0. The van der Waals surface area contributed by atoms with Crippen LogP contribution in [0.2, 0.25) is 0 Å². The molecule has 1 saturated carbocycles. The van der Waals surface area contributed by atoms with Gasteiger partial charge in [0.2, 0.25) is 10.0 Å². The van der Waals surface area contributed by atoms with Gasteiger partial charge in [0.25, 0.3) is 0 Å².